The molecule has 6 unspecified atom stereocenters. The molecule has 1 saturated heterocycles. The normalized spacial score (nSPS) is 20.1. The van der Waals surface area contributed by atoms with Crippen molar-refractivity contribution < 1.29 is 29.1 Å². The highest BCUT2D eigenvalue weighted by Gasteiger charge is 2.35. The van der Waals surface area contributed by atoms with Crippen molar-refractivity contribution in [2.45, 2.75) is 90.4 Å². The smallest absolute Gasteiger partial charge is 0.326 e. The van der Waals surface area contributed by atoms with Crippen LogP contribution in [0.2, 0.25) is 0 Å². The Labute approximate surface area is 195 Å². The highest BCUT2D eigenvalue weighted by Crippen LogP contribution is 2.14. The molecule has 0 aliphatic carbocycles. The largest absolute Gasteiger partial charge is 0.480 e. The first-order valence-corrected chi connectivity index (χ1v) is 11.7. The molecule has 7 N–H and O–H groups in total. The van der Waals surface area contributed by atoms with Crippen LogP contribution in [0.3, 0.4) is 0 Å². The topological polar surface area (TPSA) is 180 Å². The third-order valence-corrected chi connectivity index (χ3v) is 6.26. The summed E-state index contributed by atoms with van der Waals surface area (Å²) in [7, 11) is 0. The molecule has 11 nitrogen and oxygen atoms in total. The summed E-state index contributed by atoms with van der Waals surface area (Å²) in [6, 6.07) is -3.51. The quantitative estimate of drug-likeness (QED) is 0.201. The van der Waals surface area contributed by atoms with Gasteiger partial charge in [0, 0.05) is 6.42 Å². The summed E-state index contributed by atoms with van der Waals surface area (Å²) >= 11 is 0. The zero-order chi connectivity index (χ0) is 25.1. The predicted molar refractivity (Wildman–Crippen MR) is 122 cm³/mol. The van der Waals surface area contributed by atoms with Crippen LogP contribution in [0.4, 0.5) is 0 Å². The summed E-state index contributed by atoms with van der Waals surface area (Å²) in [5.41, 5.74) is 5.09. The van der Waals surface area contributed by atoms with Gasteiger partial charge in [0.15, 0.2) is 0 Å². The summed E-state index contributed by atoms with van der Waals surface area (Å²) in [6.07, 6.45) is 2.40. The van der Waals surface area contributed by atoms with E-state index < -0.39 is 41.8 Å². The molecule has 11 heteroatoms. The summed E-state index contributed by atoms with van der Waals surface area (Å²) in [5.74, 6) is -3.88. The fourth-order valence-electron chi connectivity index (χ4n) is 3.61. The van der Waals surface area contributed by atoms with Crippen LogP contribution in [-0.4, -0.2) is 65.4 Å². The minimum absolute atomic E-state index is 0.155. The molecular formula is C22H39N5O6. The Morgan fingerprint density at radius 2 is 1.52 bits per heavy atom. The second kappa shape index (κ2) is 13.8. The van der Waals surface area contributed by atoms with Gasteiger partial charge in [0.25, 0.3) is 0 Å². The molecule has 0 spiro atoms. The molecule has 1 rings (SSSR count). The summed E-state index contributed by atoms with van der Waals surface area (Å²) in [5, 5.41) is 20.4. The molecule has 1 fully saturated rings. The number of hydrogen-bond donors (Lipinski definition) is 6. The third-order valence-electron chi connectivity index (χ3n) is 6.26. The zero-order valence-electron chi connectivity index (χ0n) is 20.0. The molecule has 0 radical (unpaired) electrons. The molecule has 0 bridgehead atoms. The van der Waals surface area contributed by atoms with Crippen LogP contribution in [0.5, 0.6) is 0 Å². The van der Waals surface area contributed by atoms with Gasteiger partial charge in [0.2, 0.25) is 23.6 Å². The molecule has 188 valence electrons. The van der Waals surface area contributed by atoms with Crippen LogP contribution in [0, 0.1) is 11.8 Å². The Morgan fingerprint density at radius 1 is 0.970 bits per heavy atom. The number of hydrogen-bond acceptors (Lipinski definition) is 6. The van der Waals surface area contributed by atoms with E-state index >= 15 is 0 Å². The second-order valence-corrected chi connectivity index (χ2v) is 8.80. The molecule has 4 amide bonds. The van der Waals surface area contributed by atoms with Gasteiger partial charge in [-0.05, 0) is 37.6 Å². The molecule has 0 aromatic heterocycles. The minimum atomic E-state index is -1.31. The number of nitrogens with one attached hydrogen (secondary N) is 4. The number of nitrogens with two attached hydrogens (primary N) is 1. The standard InChI is InChI=1S/C22H39N5O6/c1-5-12(3)17(20(30)25-15(22(32)33)9-10-16(23)28)27-21(31)18(13(4)6-2)26-19(29)14-8-7-11-24-14/h12-15,17-18,24H,5-11H2,1-4H3,(H2,23,28)(H,25,30)(H,26,29)(H,27,31)(H,32,33). The van der Waals surface area contributed by atoms with Crippen LogP contribution >= 0.6 is 0 Å². The van der Waals surface area contributed by atoms with E-state index in [0.29, 0.717) is 19.3 Å². The second-order valence-electron chi connectivity index (χ2n) is 8.80. The van der Waals surface area contributed by atoms with Gasteiger partial charge in [-0.25, -0.2) is 4.79 Å². The first-order valence-electron chi connectivity index (χ1n) is 11.7. The zero-order valence-corrected chi connectivity index (χ0v) is 20.0. The summed E-state index contributed by atoms with van der Waals surface area (Å²) in [6.45, 7) is 8.10. The van der Waals surface area contributed by atoms with E-state index in [1.165, 1.54) is 0 Å². The number of aliphatic carboxylic acids is 1. The van der Waals surface area contributed by atoms with Crippen molar-refractivity contribution in [3.8, 4) is 0 Å². The van der Waals surface area contributed by atoms with E-state index in [0.717, 1.165) is 13.0 Å². The van der Waals surface area contributed by atoms with E-state index in [1.54, 1.807) is 6.92 Å². The molecule has 0 saturated carbocycles. The number of carboxylic acid groups (broad SMARTS) is 1. The summed E-state index contributed by atoms with van der Waals surface area (Å²) in [4.78, 5) is 61.2. The maximum Gasteiger partial charge on any atom is 0.326 e. The van der Waals surface area contributed by atoms with Gasteiger partial charge in [-0.2, -0.15) is 0 Å². The van der Waals surface area contributed by atoms with Crippen molar-refractivity contribution in [2.75, 3.05) is 6.54 Å². The Morgan fingerprint density at radius 3 is 1.97 bits per heavy atom. The Bertz CT molecular complexity index is 709. The molecule has 0 aromatic rings. The number of amides is 4. The highest BCUT2D eigenvalue weighted by molar-refractivity contribution is 5.94. The van der Waals surface area contributed by atoms with Gasteiger partial charge >= 0.3 is 5.97 Å². The fraction of sp³-hybridized carbons (Fsp3) is 0.773. The molecule has 0 aromatic carbocycles. The highest BCUT2D eigenvalue weighted by atomic mass is 16.4. The monoisotopic (exact) mass is 469 g/mol. The molecule has 33 heavy (non-hydrogen) atoms. The Balaban J connectivity index is 2.96. The van der Waals surface area contributed by atoms with E-state index in [-0.39, 0.29) is 36.6 Å². The van der Waals surface area contributed by atoms with E-state index in [9.17, 15) is 29.1 Å². The van der Waals surface area contributed by atoms with Crippen molar-refractivity contribution in [1.29, 1.82) is 0 Å². The molecule has 1 aliphatic rings. The van der Waals surface area contributed by atoms with Crippen LogP contribution < -0.4 is 27.0 Å². The maximum atomic E-state index is 13.2. The molecule has 1 aliphatic heterocycles. The lowest BCUT2D eigenvalue weighted by atomic mass is 9.94. The van der Waals surface area contributed by atoms with Gasteiger partial charge in [0.05, 0.1) is 6.04 Å². The van der Waals surface area contributed by atoms with Crippen LogP contribution in [-0.2, 0) is 24.0 Å². The number of carbonyl (C=O) groups is 5. The number of rotatable bonds is 14. The van der Waals surface area contributed by atoms with Crippen molar-refractivity contribution in [1.82, 2.24) is 21.3 Å². The van der Waals surface area contributed by atoms with Crippen molar-refractivity contribution in [2.24, 2.45) is 17.6 Å². The van der Waals surface area contributed by atoms with Gasteiger partial charge in [-0.3, -0.25) is 19.2 Å². The molecule has 1 heterocycles. The van der Waals surface area contributed by atoms with Crippen LogP contribution in [0.25, 0.3) is 0 Å². The van der Waals surface area contributed by atoms with Crippen molar-refractivity contribution in [3.63, 3.8) is 0 Å². The third kappa shape index (κ3) is 8.99. The lowest BCUT2D eigenvalue weighted by Crippen LogP contribution is -2.60. The predicted octanol–water partition coefficient (Wildman–Crippen LogP) is -0.365. The van der Waals surface area contributed by atoms with E-state index in [2.05, 4.69) is 21.3 Å². The molecule has 6 atom stereocenters. The lowest BCUT2D eigenvalue weighted by Gasteiger charge is -2.30. The van der Waals surface area contributed by atoms with Crippen LogP contribution in [0.15, 0.2) is 0 Å². The average molecular weight is 470 g/mol. The van der Waals surface area contributed by atoms with Gasteiger partial charge in [-0.1, -0.05) is 40.5 Å². The van der Waals surface area contributed by atoms with Crippen molar-refractivity contribution >= 4 is 29.6 Å². The number of carbonyl (C=O) groups excluding carboxylic acids is 4. The van der Waals surface area contributed by atoms with Crippen molar-refractivity contribution in [3.05, 3.63) is 0 Å². The fourth-order valence-corrected chi connectivity index (χ4v) is 3.61. The van der Waals surface area contributed by atoms with Crippen LogP contribution in [0.1, 0.15) is 66.2 Å². The maximum absolute atomic E-state index is 13.2. The average Bonchev–Trinajstić information content (AvgIpc) is 3.31. The molecular weight excluding hydrogens is 430 g/mol. The number of primary amides is 1. The first-order chi connectivity index (χ1) is 15.5. The Kier molecular flexibility index (Phi) is 11.8. The number of carboxylic acids is 1. The lowest BCUT2D eigenvalue weighted by molar-refractivity contribution is -0.143. The van der Waals surface area contributed by atoms with E-state index in [4.69, 9.17) is 5.73 Å². The first kappa shape index (κ1) is 28.3. The van der Waals surface area contributed by atoms with Gasteiger partial charge < -0.3 is 32.1 Å². The van der Waals surface area contributed by atoms with E-state index in [1.807, 2.05) is 20.8 Å². The summed E-state index contributed by atoms with van der Waals surface area (Å²) < 4.78 is 0. The van der Waals surface area contributed by atoms with Gasteiger partial charge in [0.1, 0.15) is 18.1 Å². The minimum Gasteiger partial charge on any atom is -0.480 e. The van der Waals surface area contributed by atoms with Gasteiger partial charge in [-0.15, -0.1) is 0 Å². The Hall–Kier alpha value is -2.69. The SMILES string of the molecule is CCC(C)C(NC(=O)C1CCCN1)C(=O)NC(C(=O)NC(CCC(N)=O)C(=O)O)C(C)CC.